The van der Waals surface area contributed by atoms with Gasteiger partial charge in [-0.1, -0.05) is 64.1 Å². The Morgan fingerprint density at radius 3 is 2.05 bits per heavy atom. The van der Waals surface area contributed by atoms with E-state index in [0.29, 0.717) is 11.1 Å². The van der Waals surface area contributed by atoms with Gasteiger partial charge in [0.15, 0.2) is 0 Å². The van der Waals surface area contributed by atoms with Gasteiger partial charge in [0, 0.05) is 44.4 Å². The zero-order valence-electron chi connectivity index (χ0n) is 25.8. The van der Waals surface area contributed by atoms with E-state index in [4.69, 9.17) is 18.9 Å². The van der Waals surface area contributed by atoms with Crippen molar-refractivity contribution >= 4 is 23.9 Å². The molecule has 0 aliphatic heterocycles. The van der Waals surface area contributed by atoms with Gasteiger partial charge < -0.3 is 24.1 Å². The molecule has 0 saturated heterocycles. The normalized spacial score (nSPS) is 34.7. The summed E-state index contributed by atoms with van der Waals surface area (Å²) in [5.74, 6) is -3.71. The van der Waals surface area contributed by atoms with Crippen LogP contribution in [0.4, 0.5) is 0 Å². The van der Waals surface area contributed by atoms with Gasteiger partial charge in [0.25, 0.3) is 0 Å². The molecule has 1 aromatic rings. The Morgan fingerprint density at radius 1 is 0.881 bits per heavy atom. The van der Waals surface area contributed by atoms with Crippen LogP contribution in [-0.4, -0.2) is 59.0 Å². The van der Waals surface area contributed by atoms with Crippen LogP contribution in [-0.2, 0) is 33.3 Å². The molecule has 42 heavy (non-hydrogen) atoms. The first-order valence-corrected chi connectivity index (χ1v) is 14.4. The number of aliphatic hydroxyl groups is 1. The van der Waals surface area contributed by atoms with Gasteiger partial charge in [-0.2, -0.15) is 0 Å². The molecule has 1 aromatic carbocycles. The minimum atomic E-state index is -1.63. The molecule has 2 aliphatic rings. The van der Waals surface area contributed by atoms with E-state index in [1.807, 2.05) is 39.8 Å². The average Bonchev–Trinajstić information content (AvgIpc) is 3.13. The van der Waals surface area contributed by atoms with Crippen LogP contribution in [0.15, 0.2) is 54.1 Å². The van der Waals surface area contributed by atoms with E-state index in [1.165, 1.54) is 20.8 Å². The van der Waals surface area contributed by atoms with Crippen molar-refractivity contribution < 1.29 is 43.2 Å². The number of carbonyl (C=O) groups is 4. The lowest BCUT2D eigenvalue weighted by Gasteiger charge is -2.41. The Hall–Kier alpha value is -3.46. The van der Waals surface area contributed by atoms with E-state index >= 15 is 0 Å². The molecule has 1 fully saturated rings. The summed E-state index contributed by atoms with van der Waals surface area (Å²) in [5, 5.41) is 12.5. The van der Waals surface area contributed by atoms with Gasteiger partial charge in [-0.3, -0.25) is 14.4 Å². The third kappa shape index (κ3) is 7.68. The van der Waals surface area contributed by atoms with E-state index in [2.05, 4.69) is 0 Å². The molecule has 9 heteroatoms. The van der Waals surface area contributed by atoms with Gasteiger partial charge in [-0.15, -0.1) is 0 Å². The maximum Gasteiger partial charge on any atom is 0.338 e. The summed E-state index contributed by atoms with van der Waals surface area (Å²) in [6, 6.07) is 8.57. The maximum absolute atomic E-state index is 13.2. The van der Waals surface area contributed by atoms with Crippen molar-refractivity contribution in [3.05, 3.63) is 59.7 Å². The predicted molar refractivity (Wildman–Crippen MR) is 155 cm³/mol. The summed E-state index contributed by atoms with van der Waals surface area (Å²) >= 11 is 0. The fourth-order valence-corrected chi connectivity index (χ4v) is 6.17. The van der Waals surface area contributed by atoms with Crippen LogP contribution in [0.5, 0.6) is 0 Å². The van der Waals surface area contributed by atoms with Crippen LogP contribution < -0.4 is 0 Å². The molecule has 0 radical (unpaired) electrons. The first kappa shape index (κ1) is 33.0. The SMILES string of the molecule is CC(=O)O[C@@H]1[C@H](C)/C=C\C(C)(C)[C@H](OC(C)=O)C[C@@H](OC(C)=O)/C(C)=C/[C@H]2[C@H](OC(=O)c3ccccc3)[C@H](C)C[C@]12O. The van der Waals surface area contributed by atoms with Gasteiger partial charge in [-0.05, 0) is 37.0 Å². The minimum absolute atomic E-state index is 0.162. The highest BCUT2D eigenvalue weighted by Crippen LogP contribution is 2.48. The molecule has 1 saturated carbocycles. The lowest BCUT2D eigenvalue weighted by atomic mass is 9.75. The Balaban J connectivity index is 2.20. The van der Waals surface area contributed by atoms with Crippen LogP contribution in [0.25, 0.3) is 0 Å². The van der Waals surface area contributed by atoms with Crippen LogP contribution in [0.3, 0.4) is 0 Å². The lowest BCUT2D eigenvalue weighted by Crippen LogP contribution is -2.52. The summed E-state index contributed by atoms with van der Waals surface area (Å²) in [6.07, 6.45) is 2.54. The highest BCUT2D eigenvalue weighted by Gasteiger charge is 2.58. The van der Waals surface area contributed by atoms with Crippen molar-refractivity contribution in [1.29, 1.82) is 0 Å². The Bertz CT molecular complexity index is 1220. The van der Waals surface area contributed by atoms with Crippen molar-refractivity contribution in [3.8, 4) is 0 Å². The summed E-state index contributed by atoms with van der Waals surface area (Å²) in [4.78, 5) is 49.9. The fourth-order valence-electron chi connectivity index (χ4n) is 6.17. The molecule has 2 aliphatic carbocycles. The number of ether oxygens (including phenoxy) is 4. The third-order valence-electron chi connectivity index (χ3n) is 8.31. The van der Waals surface area contributed by atoms with Gasteiger partial charge in [0.05, 0.1) is 5.56 Å². The van der Waals surface area contributed by atoms with Crippen molar-refractivity contribution in [2.45, 2.75) is 98.2 Å². The van der Waals surface area contributed by atoms with Gasteiger partial charge >= 0.3 is 23.9 Å². The molecular weight excluding hydrogens is 540 g/mol. The predicted octanol–water partition coefficient (Wildman–Crippen LogP) is 4.96. The second-order valence-corrected chi connectivity index (χ2v) is 12.3. The van der Waals surface area contributed by atoms with E-state index in [0.717, 1.165) is 0 Å². The zero-order valence-corrected chi connectivity index (χ0v) is 25.8. The smallest absolute Gasteiger partial charge is 0.338 e. The Morgan fingerprint density at radius 2 is 1.48 bits per heavy atom. The quantitative estimate of drug-likeness (QED) is 0.290. The van der Waals surface area contributed by atoms with E-state index in [1.54, 1.807) is 43.3 Å². The summed E-state index contributed by atoms with van der Waals surface area (Å²) < 4.78 is 23.3. The number of hydrogen-bond acceptors (Lipinski definition) is 9. The first-order chi connectivity index (χ1) is 19.5. The number of rotatable bonds is 5. The van der Waals surface area contributed by atoms with E-state index in [9.17, 15) is 24.3 Å². The van der Waals surface area contributed by atoms with E-state index < -0.39 is 71.1 Å². The molecule has 0 spiro atoms. The number of hydrogen-bond donors (Lipinski definition) is 1. The van der Waals surface area contributed by atoms with Crippen LogP contribution >= 0.6 is 0 Å². The third-order valence-corrected chi connectivity index (χ3v) is 8.31. The lowest BCUT2D eigenvalue weighted by molar-refractivity contribution is -0.173. The molecular formula is C33H44O9. The van der Waals surface area contributed by atoms with Crippen molar-refractivity contribution in [1.82, 2.24) is 0 Å². The molecule has 1 N–H and O–H groups in total. The van der Waals surface area contributed by atoms with E-state index in [-0.39, 0.29) is 18.8 Å². The minimum Gasteiger partial charge on any atom is -0.461 e. The molecule has 230 valence electrons. The van der Waals surface area contributed by atoms with Crippen molar-refractivity contribution in [2.24, 2.45) is 23.2 Å². The standard InChI is InChI=1S/C33H44O9/c1-19-14-15-32(7,8)28(40-23(5)35)17-27(39-22(4)34)20(2)16-26-29(42-31(37)25-12-10-9-11-13-25)21(3)18-33(26,38)30(19)41-24(6)36/h9-16,19,21,26-30,38H,17-18H2,1-8H3/b15-14-,20-16+/t19-,21-,26+,27-,28-,29-,30-,33-/m1/s1. The van der Waals surface area contributed by atoms with Gasteiger partial charge in [0.1, 0.15) is 30.0 Å². The molecule has 0 amide bonds. The van der Waals surface area contributed by atoms with Crippen LogP contribution in [0.2, 0.25) is 0 Å². The molecule has 0 aromatic heterocycles. The molecule has 0 bridgehead atoms. The molecule has 9 nitrogen and oxygen atoms in total. The Labute approximate surface area is 248 Å². The number of carbonyl (C=O) groups excluding carboxylic acids is 4. The van der Waals surface area contributed by atoms with Crippen molar-refractivity contribution in [2.75, 3.05) is 0 Å². The molecule has 8 atom stereocenters. The number of esters is 4. The second-order valence-electron chi connectivity index (χ2n) is 12.3. The van der Waals surface area contributed by atoms with Gasteiger partial charge in [-0.25, -0.2) is 4.79 Å². The monoisotopic (exact) mass is 584 g/mol. The number of benzene rings is 1. The van der Waals surface area contributed by atoms with Crippen LogP contribution in [0.1, 0.15) is 78.6 Å². The topological polar surface area (TPSA) is 125 Å². The second kappa shape index (κ2) is 13.2. The van der Waals surface area contributed by atoms with Crippen molar-refractivity contribution in [3.63, 3.8) is 0 Å². The average molecular weight is 585 g/mol. The Kier molecular flexibility index (Phi) is 10.4. The maximum atomic E-state index is 13.2. The van der Waals surface area contributed by atoms with Gasteiger partial charge in [0.2, 0.25) is 0 Å². The van der Waals surface area contributed by atoms with Crippen LogP contribution in [0, 0.1) is 23.2 Å². The molecule has 0 heterocycles. The summed E-state index contributed by atoms with van der Waals surface area (Å²) in [7, 11) is 0. The molecule has 3 rings (SSSR count). The first-order valence-electron chi connectivity index (χ1n) is 14.4. The highest BCUT2D eigenvalue weighted by atomic mass is 16.6. The summed E-state index contributed by atoms with van der Waals surface area (Å²) in [6.45, 7) is 13.2. The number of fused-ring (bicyclic) bond motifs is 1. The molecule has 0 unspecified atom stereocenters. The highest BCUT2D eigenvalue weighted by molar-refractivity contribution is 5.89. The largest absolute Gasteiger partial charge is 0.461 e. The zero-order chi connectivity index (χ0) is 31.4. The fraction of sp³-hybridized carbons (Fsp3) is 0.576. The summed E-state index contributed by atoms with van der Waals surface area (Å²) in [5.41, 5.74) is -1.39.